The second-order valence-electron chi connectivity index (χ2n) is 7.22. The minimum atomic E-state index is 0.447. The third kappa shape index (κ3) is 3.88. The van der Waals surface area contributed by atoms with Crippen molar-refractivity contribution >= 4 is 0 Å². The van der Waals surface area contributed by atoms with Gasteiger partial charge in [0.25, 0.3) is 0 Å². The Morgan fingerprint density at radius 1 is 0.625 bits per heavy atom. The van der Waals surface area contributed by atoms with Gasteiger partial charge in [-0.1, -0.05) is 67.6 Å². The fourth-order valence-electron chi connectivity index (χ4n) is 3.94. The molecular weight excluding hydrogens is 292 g/mol. The number of hydrogen-bond donors (Lipinski definition) is 0. The van der Waals surface area contributed by atoms with Gasteiger partial charge in [0.2, 0.25) is 0 Å². The number of nitrogens with zero attached hydrogens (tertiary/aromatic N) is 2. The highest BCUT2D eigenvalue weighted by molar-refractivity contribution is 5.27. The minimum Gasteiger partial charge on any atom is -0.298 e. The van der Waals surface area contributed by atoms with Crippen LogP contribution in [-0.4, -0.2) is 42.0 Å². The van der Waals surface area contributed by atoms with Crippen LogP contribution in [0.4, 0.5) is 0 Å². The largest absolute Gasteiger partial charge is 0.298 e. The van der Waals surface area contributed by atoms with Gasteiger partial charge < -0.3 is 0 Å². The van der Waals surface area contributed by atoms with E-state index in [1.54, 1.807) is 0 Å². The van der Waals surface area contributed by atoms with Crippen LogP contribution in [0.2, 0.25) is 0 Å². The molecule has 0 spiro atoms. The molecule has 1 saturated heterocycles. The predicted molar refractivity (Wildman–Crippen MR) is 102 cm³/mol. The molecule has 1 aliphatic rings. The van der Waals surface area contributed by atoms with Crippen molar-refractivity contribution in [3.63, 3.8) is 0 Å². The van der Waals surface area contributed by atoms with Gasteiger partial charge in [-0.15, -0.1) is 0 Å². The molecule has 0 bridgehead atoms. The number of hydrogen-bond acceptors (Lipinski definition) is 2. The van der Waals surface area contributed by atoms with E-state index in [9.17, 15) is 0 Å². The minimum absolute atomic E-state index is 0.447. The molecule has 2 aromatic rings. The van der Waals surface area contributed by atoms with Gasteiger partial charge in [0, 0.05) is 44.2 Å². The Morgan fingerprint density at radius 2 is 1.08 bits per heavy atom. The van der Waals surface area contributed by atoms with Crippen molar-refractivity contribution in [3.8, 4) is 0 Å². The second-order valence-corrected chi connectivity index (χ2v) is 7.22. The summed E-state index contributed by atoms with van der Waals surface area (Å²) in [5.41, 5.74) is 2.87. The summed E-state index contributed by atoms with van der Waals surface area (Å²) in [4.78, 5) is 5.28. The van der Waals surface area contributed by atoms with E-state index in [0.717, 1.165) is 13.1 Å². The fraction of sp³-hybridized carbons (Fsp3) is 0.455. The van der Waals surface area contributed by atoms with Gasteiger partial charge >= 0.3 is 0 Å². The van der Waals surface area contributed by atoms with Crippen LogP contribution in [0.25, 0.3) is 0 Å². The van der Waals surface area contributed by atoms with E-state index in [1.807, 2.05) is 0 Å². The lowest BCUT2D eigenvalue weighted by atomic mass is 9.87. The van der Waals surface area contributed by atoms with Gasteiger partial charge in [-0.3, -0.25) is 9.80 Å². The Balaban J connectivity index is 1.84. The van der Waals surface area contributed by atoms with Gasteiger partial charge in [-0.05, 0) is 25.0 Å². The average molecular weight is 322 g/mol. The lowest BCUT2D eigenvalue weighted by Crippen LogP contribution is -2.50. The molecule has 0 aliphatic carbocycles. The van der Waals surface area contributed by atoms with Crippen molar-refractivity contribution in [2.24, 2.45) is 0 Å². The molecular formula is C22H30N2. The number of rotatable bonds is 5. The molecule has 0 aromatic heterocycles. The van der Waals surface area contributed by atoms with Crippen LogP contribution < -0.4 is 0 Å². The highest BCUT2D eigenvalue weighted by atomic mass is 15.3. The van der Waals surface area contributed by atoms with Crippen LogP contribution in [0, 0.1) is 0 Å². The van der Waals surface area contributed by atoms with E-state index in [-0.39, 0.29) is 0 Å². The highest BCUT2D eigenvalue weighted by Gasteiger charge is 2.30. The molecule has 24 heavy (non-hydrogen) atoms. The monoisotopic (exact) mass is 322 g/mol. The molecule has 2 aromatic carbocycles. The summed E-state index contributed by atoms with van der Waals surface area (Å²) in [5, 5.41) is 0. The molecule has 2 heteroatoms. The predicted octanol–water partition coefficient (Wildman–Crippen LogP) is 4.56. The van der Waals surface area contributed by atoms with E-state index in [4.69, 9.17) is 0 Å². The molecule has 128 valence electrons. The highest BCUT2D eigenvalue weighted by Crippen LogP contribution is 2.36. The summed E-state index contributed by atoms with van der Waals surface area (Å²) >= 11 is 0. The third-order valence-electron chi connectivity index (χ3n) is 5.41. The number of benzene rings is 2. The molecule has 3 rings (SSSR count). The second kappa shape index (κ2) is 7.96. The summed E-state index contributed by atoms with van der Waals surface area (Å²) in [6.45, 7) is 11.6. The first-order chi connectivity index (χ1) is 11.7. The van der Waals surface area contributed by atoms with Crippen LogP contribution in [0.15, 0.2) is 60.7 Å². The van der Waals surface area contributed by atoms with Crippen molar-refractivity contribution in [1.29, 1.82) is 0 Å². The lowest BCUT2D eigenvalue weighted by Gasteiger charge is -2.43. The van der Waals surface area contributed by atoms with Gasteiger partial charge in [-0.25, -0.2) is 0 Å². The molecule has 0 radical (unpaired) electrons. The van der Waals surface area contributed by atoms with Crippen LogP contribution in [0.1, 0.15) is 43.9 Å². The molecule has 0 saturated carbocycles. The normalized spacial score (nSPS) is 19.3. The maximum Gasteiger partial charge on any atom is 0.0415 e. The van der Waals surface area contributed by atoms with Crippen LogP contribution in [0.5, 0.6) is 0 Å². The molecule has 1 heterocycles. The van der Waals surface area contributed by atoms with Crippen molar-refractivity contribution in [3.05, 3.63) is 71.8 Å². The van der Waals surface area contributed by atoms with E-state index in [0.29, 0.717) is 18.0 Å². The Hall–Kier alpha value is -1.64. The standard InChI is InChI=1S/C22H30N2/c1-18(2)23-14-16-24(17-15-23)22(21-12-8-5-9-13-21)19(3)20-10-6-4-7-11-20/h4-13,18-19,22H,14-17H2,1-3H3/t19-,22-/m0/s1. The van der Waals surface area contributed by atoms with E-state index >= 15 is 0 Å². The van der Waals surface area contributed by atoms with Crippen molar-refractivity contribution in [1.82, 2.24) is 9.80 Å². The molecule has 0 N–H and O–H groups in total. The Labute approximate surface area is 147 Å². The first-order valence-corrected chi connectivity index (χ1v) is 9.25. The van der Waals surface area contributed by atoms with Gasteiger partial charge in [0.15, 0.2) is 0 Å². The van der Waals surface area contributed by atoms with Gasteiger partial charge in [0.05, 0.1) is 0 Å². The van der Waals surface area contributed by atoms with Crippen LogP contribution in [0.3, 0.4) is 0 Å². The third-order valence-corrected chi connectivity index (χ3v) is 5.41. The SMILES string of the molecule is CC(C)N1CCN([C@H](c2ccccc2)[C@@H](C)c2ccccc2)CC1. The Kier molecular flexibility index (Phi) is 5.70. The Bertz CT molecular complexity index is 600. The zero-order valence-corrected chi connectivity index (χ0v) is 15.2. The van der Waals surface area contributed by atoms with Crippen molar-refractivity contribution in [2.75, 3.05) is 26.2 Å². The van der Waals surface area contributed by atoms with Crippen molar-refractivity contribution in [2.45, 2.75) is 38.8 Å². The quantitative estimate of drug-likeness (QED) is 0.796. The fourth-order valence-corrected chi connectivity index (χ4v) is 3.94. The molecule has 2 nitrogen and oxygen atoms in total. The summed E-state index contributed by atoms with van der Waals surface area (Å²) in [7, 11) is 0. The van der Waals surface area contributed by atoms with E-state index in [1.165, 1.54) is 24.2 Å². The molecule has 0 unspecified atom stereocenters. The summed E-state index contributed by atoms with van der Waals surface area (Å²) in [5.74, 6) is 0.485. The summed E-state index contributed by atoms with van der Waals surface area (Å²) in [6, 6.07) is 23.1. The van der Waals surface area contributed by atoms with E-state index < -0.39 is 0 Å². The van der Waals surface area contributed by atoms with E-state index in [2.05, 4.69) is 91.2 Å². The molecule has 0 amide bonds. The molecule has 1 fully saturated rings. The summed E-state index contributed by atoms with van der Waals surface area (Å²) in [6.07, 6.45) is 0. The smallest absolute Gasteiger partial charge is 0.0415 e. The van der Waals surface area contributed by atoms with Crippen LogP contribution in [-0.2, 0) is 0 Å². The maximum absolute atomic E-state index is 2.69. The van der Waals surface area contributed by atoms with Gasteiger partial charge in [-0.2, -0.15) is 0 Å². The zero-order valence-electron chi connectivity index (χ0n) is 15.2. The number of piperazine rings is 1. The first kappa shape index (κ1) is 17.2. The lowest BCUT2D eigenvalue weighted by molar-refractivity contribution is 0.0697. The average Bonchev–Trinajstić information content (AvgIpc) is 2.64. The van der Waals surface area contributed by atoms with Crippen molar-refractivity contribution < 1.29 is 0 Å². The molecule has 2 atom stereocenters. The first-order valence-electron chi connectivity index (χ1n) is 9.25. The zero-order chi connectivity index (χ0) is 16.9. The summed E-state index contributed by atoms with van der Waals surface area (Å²) < 4.78 is 0. The molecule has 1 aliphatic heterocycles. The topological polar surface area (TPSA) is 6.48 Å². The Morgan fingerprint density at radius 3 is 1.58 bits per heavy atom. The van der Waals surface area contributed by atoms with Crippen LogP contribution >= 0.6 is 0 Å². The van der Waals surface area contributed by atoms with Gasteiger partial charge in [0.1, 0.15) is 0 Å². The maximum atomic E-state index is 2.69.